The predicted octanol–water partition coefficient (Wildman–Crippen LogP) is 2.33. The Morgan fingerprint density at radius 2 is 2.27 bits per heavy atom. The molecule has 5 nitrogen and oxygen atoms in total. The van der Waals surface area contributed by atoms with E-state index in [1.54, 1.807) is 11.3 Å². The van der Waals surface area contributed by atoms with Gasteiger partial charge in [0.05, 0.1) is 25.1 Å². The van der Waals surface area contributed by atoms with Crippen molar-refractivity contribution >= 4 is 28.8 Å². The second-order valence-corrected chi connectivity index (χ2v) is 6.04. The molecule has 22 heavy (non-hydrogen) atoms. The molecular weight excluding hydrogens is 300 g/mol. The van der Waals surface area contributed by atoms with Gasteiger partial charge in [-0.3, -0.25) is 9.59 Å². The lowest BCUT2D eigenvalue weighted by molar-refractivity contribution is -0.120. The van der Waals surface area contributed by atoms with Crippen molar-refractivity contribution in [1.82, 2.24) is 5.32 Å². The maximum Gasteiger partial charge on any atom is 0.227 e. The summed E-state index contributed by atoms with van der Waals surface area (Å²) in [4.78, 5) is 24.5. The fourth-order valence-electron chi connectivity index (χ4n) is 2.21. The number of hydrogen-bond donors (Lipinski definition) is 2. The van der Waals surface area contributed by atoms with Gasteiger partial charge in [0.2, 0.25) is 11.8 Å². The van der Waals surface area contributed by atoms with Crippen LogP contribution in [0.3, 0.4) is 0 Å². The van der Waals surface area contributed by atoms with Crippen LogP contribution in [0, 0.1) is 0 Å². The molecule has 0 aliphatic carbocycles. The molecule has 0 unspecified atom stereocenters. The molecule has 1 aliphatic heterocycles. The summed E-state index contributed by atoms with van der Waals surface area (Å²) in [6.45, 7) is 0.809. The number of amides is 2. The topological polar surface area (TPSA) is 67.4 Å². The molecular formula is C16H16N2O3S. The SMILES string of the molecule is O=C(Cc1cccs1)NCc1ccc2c(c1)NC(=O)CCO2. The Balaban J connectivity index is 1.61. The quantitative estimate of drug-likeness (QED) is 0.910. The Bertz CT molecular complexity index is 683. The zero-order valence-corrected chi connectivity index (χ0v) is 12.7. The Morgan fingerprint density at radius 3 is 3.09 bits per heavy atom. The van der Waals surface area contributed by atoms with Crippen LogP contribution in [0.4, 0.5) is 5.69 Å². The lowest BCUT2D eigenvalue weighted by atomic mass is 10.1. The van der Waals surface area contributed by atoms with Gasteiger partial charge in [0.25, 0.3) is 0 Å². The normalized spacial score (nSPS) is 13.5. The van der Waals surface area contributed by atoms with Crippen LogP contribution in [0.2, 0.25) is 0 Å². The number of carbonyl (C=O) groups excluding carboxylic acids is 2. The smallest absolute Gasteiger partial charge is 0.227 e. The van der Waals surface area contributed by atoms with E-state index in [0.29, 0.717) is 37.4 Å². The van der Waals surface area contributed by atoms with E-state index in [2.05, 4.69) is 10.6 Å². The first-order valence-electron chi connectivity index (χ1n) is 7.05. The number of nitrogens with one attached hydrogen (secondary N) is 2. The Kier molecular flexibility index (Phi) is 4.39. The van der Waals surface area contributed by atoms with E-state index in [4.69, 9.17) is 4.74 Å². The van der Waals surface area contributed by atoms with E-state index >= 15 is 0 Å². The molecule has 1 aromatic heterocycles. The van der Waals surface area contributed by atoms with Crippen molar-refractivity contribution in [1.29, 1.82) is 0 Å². The number of anilines is 1. The van der Waals surface area contributed by atoms with Crippen LogP contribution in [0.15, 0.2) is 35.7 Å². The molecule has 114 valence electrons. The van der Waals surface area contributed by atoms with E-state index in [0.717, 1.165) is 10.4 Å². The number of hydrogen-bond acceptors (Lipinski definition) is 4. The molecule has 0 spiro atoms. The first-order chi connectivity index (χ1) is 10.7. The van der Waals surface area contributed by atoms with Gasteiger partial charge in [0, 0.05) is 11.4 Å². The summed E-state index contributed by atoms with van der Waals surface area (Å²) in [5.74, 6) is 0.592. The second kappa shape index (κ2) is 6.62. The average Bonchev–Trinajstić information content (AvgIpc) is 2.92. The molecule has 2 N–H and O–H groups in total. The third-order valence-corrected chi connectivity index (χ3v) is 4.19. The van der Waals surface area contributed by atoms with Gasteiger partial charge in [-0.05, 0) is 29.1 Å². The van der Waals surface area contributed by atoms with Crippen LogP contribution >= 0.6 is 11.3 Å². The summed E-state index contributed by atoms with van der Waals surface area (Å²) >= 11 is 1.57. The number of ether oxygens (including phenoxy) is 1. The van der Waals surface area contributed by atoms with Gasteiger partial charge in [-0.1, -0.05) is 12.1 Å². The van der Waals surface area contributed by atoms with E-state index in [1.165, 1.54) is 0 Å². The highest BCUT2D eigenvalue weighted by molar-refractivity contribution is 7.10. The Hall–Kier alpha value is -2.34. The number of rotatable bonds is 4. The summed E-state index contributed by atoms with van der Waals surface area (Å²) < 4.78 is 5.50. The number of thiophene rings is 1. The van der Waals surface area contributed by atoms with Crippen molar-refractivity contribution < 1.29 is 14.3 Å². The number of fused-ring (bicyclic) bond motifs is 1. The van der Waals surface area contributed by atoms with Crippen LogP contribution in [-0.4, -0.2) is 18.4 Å². The number of benzene rings is 1. The molecule has 3 rings (SSSR count). The maximum atomic E-state index is 11.9. The zero-order valence-electron chi connectivity index (χ0n) is 11.9. The first kappa shape index (κ1) is 14.6. The second-order valence-electron chi connectivity index (χ2n) is 5.01. The number of carbonyl (C=O) groups is 2. The highest BCUT2D eigenvalue weighted by Crippen LogP contribution is 2.28. The highest BCUT2D eigenvalue weighted by Gasteiger charge is 2.14. The van der Waals surface area contributed by atoms with Crippen LogP contribution in [0.5, 0.6) is 5.75 Å². The fraction of sp³-hybridized carbons (Fsp3) is 0.250. The fourth-order valence-corrected chi connectivity index (χ4v) is 2.92. The van der Waals surface area contributed by atoms with Crippen molar-refractivity contribution in [2.45, 2.75) is 19.4 Å². The molecule has 1 aliphatic rings. The third-order valence-electron chi connectivity index (χ3n) is 3.31. The minimum Gasteiger partial charge on any atom is -0.491 e. The van der Waals surface area contributed by atoms with E-state index < -0.39 is 0 Å². The molecule has 2 aromatic rings. The zero-order chi connectivity index (χ0) is 15.4. The molecule has 1 aromatic carbocycles. The van der Waals surface area contributed by atoms with Crippen LogP contribution in [0.1, 0.15) is 16.9 Å². The molecule has 2 amide bonds. The minimum absolute atomic E-state index is 0.0160. The predicted molar refractivity (Wildman–Crippen MR) is 85.1 cm³/mol. The lowest BCUT2D eigenvalue weighted by Gasteiger charge is -2.10. The van der Waals surface area contributed by atoms with Crippen molar-refractivity contribution in [3.63, 3.8) is 0 Å². The van der Waals surface area contributed by atoms with Crippen molar-refractivity contribution in [2.24, 2.45) is 0 Å². The molecule has 0 radical (unpaired) electrons. The van der Waals surface area contributed by atoms with Crippen molar-refractivity contribution in [3.8, 4) is 5.75 Å². The molecule has 0 saturated heterocycles. The van der Waals surface area contributed by atoms with Crippen LogP contribution < -0.4 is 15.4 Å². The van der Waals surface area contributed by atoms with Crippen molar-refractivity contribution in [2.75, 3.05) is 11.9 Å². The Morgan fingerprint density at radius 1 is 1.36 bits per heavy atom. The van der Waals surface area contributed by atoms with E-state index in [-0.39, 0.29) is 11.8 Å². The summed E-state index contributed by atoms with van der Waals surface area (Å²) in [6, 6.07) is 9.43. The molecule has 0 fully saturated rings. The average molecular weight is 316 g/mol. The summed E-state index contributed by atoms with van der Waals surface area (Å²) in [5, 5.41) is 7.65. The molecule has 0 bridgehead atoms. The van der Waals surface area contributed by atoms with Gasteiger partial charge in [-0.15, -0.1) is 11.3 Å². The van der Waals surface area contributed by atoms with E-state index in [1.807, 2.05) is 35.7 Å². The molecule has 2 heterocycles. The summed E-state index contributed by atoms with van der Waals surface area (Å²) in [6.07, 6.45) is 0.740. The van der Waals surface area contributed by atoms with Gasteiger partial charge in [-0.25, -0.2) is 0 Å². The maximum absolute atomic E-state index is 11.9. The van der Waals surface area contributed by atoms with Gasteiger partial charge >= 0.3 is 0 Å². The lowest BCUT2D eigenvalue weighted by Crippen LogP contribution is -2.24. The molecule has 6 heteroatoms. The van der Waals surface area contributed by atoms with Crippen LogP contribution in [-0.2, 0) is 22.6 Å². The van der Waals surface area contributed by atoms with Crippen molar-refractivity contribution in [3.05, 3.63) is 46.2 Å². The minimum atomic E-state index is -0.0577. The van der Waals surface area contributed by atoms with Gasteiger partial charge in [0.15, 0.2) is 0 Å². The monoisotopic (exact) mass is 316 g/mol. The molecule has 0 atom stereocenters. The standard InChI is InChI=1S/C16H16N2O3S/c19-15-5-6-21-14-4-3-11(8-13(14)18-15)10-17-16(20)9-12-2-1-7-22-12/h1-4,7-8H,5-6,9-10H2,(H,17,20)(H,18,19). The van der Waals surface area contributed by atoms with Crippen LogP contribution in [0.25, 0.3) is 0 Å². The van der Waals surface area contributed by atoms with E-state index in [9.17, 15) is 9.59 Å². The van der Waals surface area contributed by atoms with Gasteiger partial charge < -0.3 is 15.4 Å². The van der Waals surface area contributed by atoms with Gasteiger partial charge in [-0.2, -0.15) is 0 Å². The highest BCUT2D eigenvalue weighted by atomic mass is 32.1. The third kappa shape index (κ3) is 3.65. The Labute approximate surface area is 132 Å². The summed E-state index contributed by atoms with van der Waals surface area (Å²) in [7, 11) is 0. The summed E-state index contributed by atoms with van der Waals surface area (Å²) in [5.41, 5.74) is 1.58. The first-order valence-corrected chi connectivity index (χ1v) is 7.93. The van der Waals surface area contributed by atoms with Gasteiger partial charge in [0.1, 0.15) is 5.75 Å². The molecule has 0 saturated carbocycles. The largest absolute Gasteiger partial charge is 0.491 e.